The van der Waals surface area contributed by atoms with Gasteiger partial charge in [-0.05, 0) is 30.8 Å². The minimum Gasteiger partial charge on any atom is -0.454 e. The molecule has 0 radical (unpaired) electrons. The first kappa shape index (κ1) is 18.5. The van der Waals surface area contributed by atoms with Gasteiger partial charge in [-0.3, -0.25) is 24.4 Å². The topological polar surface area (TPSA) is 83.5 Å². The molecule has 0 unspecified atom stereocenters. The van der Waals surface area contributed by atoms with E-state index in [1.54, 1.807) is 4.90 Å². The van der Waals surface area contributed by atoms with E-state index in [-0.39, 0.29) is 24.5 Å². The molecule has 2 amide bonds. The molecule has 5 aliphatic rings. The maximum Gasteiger partial charge on any atom is 0.251 e. The van der Waals surface area contributed by atoms with Gasteiger partial charge in [-0.2, -0.15) is 0 Å². The Morgan fingerprint density at radius 3 is 2.88 bits per heavy atom. The monoisotopic (exact) mass is 448 g/mol. The summed E-state index contributed by atoms with van der Waals surface area (Å²) in [5.41, 5.74) is 1.42. The Bertz CT molecular complexity index is 1250. The van der Waals surface area contributed by atoms with Crippen molar-refractivity contribution in [2.45, 2.75) is 16.2 Å². The van der Waals surface area contributed by atoms with Crippen LogP contribution in [0.5, 0.6) is 11.5 Å². The van der Waals surface area contributed by atoms with Gasteiger partial charge in [0.1, 0.15) is 4.75 Å². The van der Waals surface area contributed by atoms with Crippen molar-refractivity contribution in [1.29, 1.82) is 0 Å². The van der Waals surface area contributed by atoms with E-state index in [4.69, 9.17) is 9.47 Å². The van der Waals surface area contributed by atoms with Crippen molar-refractivity contribution in [1.82, 2.24) is 9.80 Å². The number of hydrogen-bond donors (Lipinski definition) is 1. The molecule has 0 aromatic heterocycles. The molecule has 32 heavy (non-hydrogen) atoms. The summed E-state index contributed by atoms with van der Waals surface area (Å²) >= 11 is 1.45. The van der Waals surface area contributed by atoms with Crippen molar-refractivity contribution in [3.63, 3.8) is 0 Å². The van der Waals surface area contributed by atoms with Crippen molar-refractivity contribution in [3.8, 4) is 11.5 Å². The summed E-state index contributed by atoms with van der Waals surface area (Å²) < 4.78 is 10.0. The van der Waals surface area contributed by atoms with Crippen LogP contribution in [-0.4, -0.2) is 65.0 Å². The maximum absolute atomic E-state index is 14.3. The van der Waals surface area contributed by atoms with E-state index in [0.29, 0.717) is 36.3 Å². The molecule has 2 fully saturated rings. The van der Waals surface area contributed by atoms with Crippen molar-refractivity contribution in [2.75, 3.05) is 38.8 Å². The smallest absolute Gasteiger partial charge is 0.251 e. The van der Waals surface area contributed by atoms with Crippen LogP contribution in [0.15, 0.2) is 47.5 Å². The maximum atomic E-state index is 14.3. The Morgan fingerprint density at radius 2 is 2.00 bits per heavy atom. The number of fused-ring (bicyclic) bond motifs is 5. The number of ether oxygens (including phenoxy) is 2. The molecule has 2 aromatic rings. The van der Waals surface area contributed by atoms with Gasteiger partial charge in [0.25, 0.3) is 5.91 Å². The Labute approximate surface area is 188 Å². The zero-order valence-electron chi connectivity index (χ0n) is 17.3. The van der Waals surface area contributed by atoms with E-state index in [2.05, 4.69) is 15.2 Å². The number of rotatable bonds is 1. The molecule has 2 spiro atoms. The van der Waals surface area contributed by atoms with Crippen molar-refractivity contribution < 1.29 is 19.1 Å². The number of likely N-dealkylation sites (N-methyl/N-ethyl adjacent to an activating group) is 1. The van der Waals surface area contributed by atoms with E-state index in [9.17, 15) is 9.59 Å². The predicted molar refractivity (Wildman–Crippen MR) is 119 cm³/mol. The van der Waals surface area contributed by atoms with Gasteiger partial charge in [-0.1, -0.05) is 36.0 Å². The Morgan fingerprint density at radius 1 is 1.16 bits per heavy atom. The van der Waals surface area contributed by atoms with Gasteiger partial charge in [0.2, 0.25) is 12.7 Å². The molecule has 1 N–H and O–H groups in total. The van der Waals surface area contributed by atoms with Gasteiger partial charge in [-0.25, -0.2) is 0 Å². The van der Waals surface area contributed by atoms with Gasteiger partial charge in [0.15, 0.2) is 22.2 Å². The summed E-state index contributed by atoms with van der Waals surface area (Å²) in [7, 11) is 1.94. The third-order valence-electron chi connectivity index (χ3n) is 7.37. The van der Waals surface area contributed by atoms with E-state index >= 15 is 0 Å². The number of anilines is 1. The highest BCUT2D eigenvalue weighted by Crippen LogP contribution is 2.66. The number of hydrogen-bond acceptors (Lipinski definition) is 7. The fraction of sp³-hybridized carbons (Fsp3) is 0.348. The Balaban J connectivity index is 1.50. The van der Waals surface area contributed by atoms with Crippen LogP contribution in [0.3, 0.4) is 0 Å². The number of amides is 2. The summed E-state index contributed by atoms with van der Waals surface area (Å²) in [6.07, 6.45) is 0. The van der Waals surface area contributed by atoms with Crippen LogP contribution >= 0.6 is 11.8 Å². The Hall–Kier alpha value is -3.04. The van der Waals surface area contributed by atoms with E-state index in [1.165, 1.54) is 11.8 Å². The number of nitrogens with one attached hydrogen (secondary N) is 1. The average molecular weight is 449 g/mol. The van der Waals surface area contributed by atoms with Crippen LogP contribution < -0.4 is 14.8 Å². The third-order valence-corrected chi connectivity index (χ3v) is 8.98. The summed E-state index contributed by atoms with van der Waals surface area (Å²) in [5.74, 6) is 0.920. The van der Waals surface area contributed by atoms with Crippen LogP contribution in [-0.2, 0) is 15.1 Å². The molecule has 0 bridgehead atoms. The molecule has 0 saturated carbocycles. The molecule has 0 aliphatic carbocycles. The zero-order valence-corrected chi connectivity index (χ0v) is 18.1. The number of para-hydroxylation sites is 1. The first-order valence-corrected chi connectivity index (χ1v) is 11.5. The van der Waals surface area contributed by atoms with E-state index in [0.717, 1.165) is 16.8 Å². The molecule has 9 heteroatoms. The normalized spacial score (nSPS) is 32.1. The fourth-order valence-electron chi connectivity index (χ4n) is 6.07. The number of likely N-dealkylation sites (tertiary alicyclic amines) is 1. The molecule has 2 saturated heterocycles. The lowest BCUT2D eigenvalue weighted by molar-refractivity contribution is -0.138. The predicted octanol–water partition coefficient (Wildman–Crippen LogP) is 1.98. The van der Waals surface area contributed by atoms with Crippen molar-refractivity contribution in [3.05, 3.63) is 53.6 Å². The number of nitrogens with zero attached hydrogens (tertiary/aromatic N) is 3. The minimum absolute atomic E-state index is 0.0439. The molecule has 7 rings (SSSR count). The second kappa shape index (κ2) is 6.05. The summed E-state index contributed by atoms with van der Waals surface area (Å²) in [4.78, 5) is 36.5. The summed E-state index contributed by atoms with van der Waals surface area (Å²) in [6.45, 7) is 1.89. The number of amidine groups is 1. The Kier molecular flexibility index (Phi) is 3.50. The molecule has 162 valence electrons. The standard InChI is InChI=1S/C23H20N4O4S/c1-26-11-15(13-6-7-17-18(10-13)31-12-30-17)23(20(29)27-9-8-24-21(27)32-23)22(26)14-4-2-3-5-16(14)25-19(22)28/h2-7,10,15H,8-9,11-12H2,1H3,(H,25,28)/t15-,22+,23-/m0/s1. The molecule has 2 aromatic carbocycles. The van der Waals surface area contributed by atoms with Crippen LogP contribution in [0.1, 0.15) is 17.0 Å². The molecule has 8 nitrogen and oxygen atoms in total. The van der Waals surface area contributed by atoms with Crippen molar-refractivity contribution in [2.24, 2.45) is 4.99 Å². The van der Waals surface area contributed by atoms with Gasteiger partial charge >= 0.3 is 0 Å². The molecule has 5 heterocycles. The van der Waals surface area contributed by atoms with Gasteiger partial charge in [0.05, 0.1) is 6.54 Å². The lowest BCUT2D eigenvalue weighted by Gasteiger charge is -2.41. The lowest BCUT2D eigenvalue weighted by Crippen LogP contribution is -2.61. The fourth-order valence-corrected chi connectivity index (χ4v) is 7.86. The second-order valence-corrected chi connectivity index (χ2v) is 9.93. The first-order valence-electron chi connectivity index (χ1n) is 10.6. The SMILES string of the molecule is CN1C[C@@H](c2ccc3c(c2)OCO3)[C@@]2(SC3=NCCN3C2=O)[C@@]12C(=O)Nc1ccccc12. The lowest BCUT2D eigenvalue weighted by atomic mass is 9.72. The quantitative estimate of drug-likeness (QED) is 0.718. The number of carbonyl (C=O) groups is 2. The van der Waals surface area contributed by atoms with E-state index in [1.807, 2.05) is 49.5 Å². The van der Waals surface area contributed by atoms with Gasteiger partial charge in [-0.15, -0.1) is 0 Å². The van der Waals surface area contributed by atoms with Crippen LogP contribution in [0.2, 0.25) is 0 Å². The van der Waals surface area contributed by atoms with Gasteiger partial charge < -0.3 is 14.8 Å². The third kappa shape index (κ3) is 1.93. The van der Waals surface area contributed by atoms with Crippen LogP contribution in [0.25, 0.3) is 0 Å². The molecular formula is C23H20N4O4S. The van der Waals surface area contributed by atoms with Crippen LogP contribution in [0, 0.1) is 0 Å². The zero-order chi connectivity index (χ0) is 21.7. The molecule has 3 atom stereocenters. The highest BCUT2D eigenvalue weighted by atomic mass is 32.2. The van der Waals surface area contributed by atoms with Crippen LogP contribution in [0.4, 0.5) is 5.69 Å². The number of aliphatic imine (C=N–C) groups is 1. The highest BCUT2D eigenvalue weighted by molar-refractivity contribution is 8.16. The average Bonchev–Trinajstić information content (AvgIpc) is 3.57. The number of carbonyl (C=O) groups excluding carboxylic acids is 2. The summed E-state index contributed by atoms with van der Waals surface area (Å²) in [5, 5.41) is 3.78. The largest absolute Gasteiger partial charge is 0.454 e. The number of benzene rings is 2. The molecule has 5 aliphatic heterocycles. The van der Waals surface area contributed by atoms with E-state index < -0.39 is 10.3 Å². The van der Waals surface area contributed by atoms with Gasteiger partial charge in [0, 0.05) is 30.3 Å². The second-order valence-electron chi connectivity index (χ2n) is 8.71. The molecular weight excluding hydrogens is 428 g/mol. The summed E-state index contributed by atoms with van der Waals surface area (Å²) in [6, 6.07) is 13.5. The minimum atomic E-state index is -1.14. The highest BCUT2D eigenvalue weighted by Gasteiger charge is 2.78. The number of thioether (sulfide) groups is 1. The van der Waals surface area contributed by atoms with Crippen molar-refractivity contribution >= 4 is 34.4 Å². The first-order chi connectivity index (χ1) is 15.6.